The third-order valence-electron chi connectivity index (χ3n) is 15.2. The molecule has 0 saturated carbocycles. The molecule has 0 spiro atoms. The second-order valence-electron chi connectivity index (χ2n) is 22.5. The van der Waals surface area contributed by atoms with Crippen molar-refractivity contribution in [1.29, 1.82) is 0 Å². The number of nitrogens with one attached hydrogen (secondary N) is 1. The maximum Gasteiger partial charge on any atom is 0.220 e. The van der Waals surface area contributed by atoms with Crippen LogP contribution in [-0.2, 0) is 14.3 Å². The lowest BCUT2D eigenvalue weighted by Gasteiger charge is -2.40. The number of amides is 1. The monoisotopic (exact) mass is 1090 g/mol. The highest BCUT2D eigenvalue weighted by atomic mass is 16.7. The van der Waals surface area contributed by atoms with Gasteiger partial charge in [-0.15, -0.1) is 0 Å². The summed E-state index contributed by atoms with van der Waals surface area (Å²) in [5, 5.41) is 54.6. The van der Waals surface area contributed by atoms with Crippen LogP contribution in [0.4, 0.5) is 0 Å². The van der Waals surface area contributed by atoms with Crippen LogP contribution >= 0.6 is 0 Å². The van der Waals surface area contributed by atoms with Gasteiger partial charge < -0.3 is 40.3 Å². The first-order valence-corrected chi connectivity index (χ1v) is 32.8. The Labute approximate surface area is 480 Å². The lowest BCUT2D eigenvalue weighted by molar-refractivity contribution is -0.302. The molecule has 7 atom stereocenters. The molecule has 0 bridgehead atoms. The van der Waals surface area contributed by atoms with Gasteiger partial charge in [0.05, 0.1) is 25.4 Å². The largest absolute Gasteiger partial charge is 0.394 e. The van der Waals surface area contributed by atoms with Gasteiger partial charge in [-0.25, -0.2) is 0 Å². The Balaban J connectivity index is 2.20. The molecule has 78 heavy (non-hydrogen) atoms. The van der Waals surface area contributed by atoms with Gasteiger partial charge in [-0.05, 0) is 83.5 Å². The molecule has 1 heterocycles. The molecule has 0 aromatic carbocycles. The number of aliphatic hydroxyl groups excluding tert-OH is 5. The van der Waals surface area contributed by atoms with E-state index in [1.54, 1.807) is 6.08 Å². The number of hydrogen-bond donors (Lipinski definition) is 6. The van der Waals surface area contributed by atoms with Crippen LogP contribution in [0.3, 0.4) is 0 Å². The van der Waals surface area contributed by atoms with E-state index in [0.717, 1.165) is 70.6 Å². The molecule has 7 unspecified atom stereocenters. The number of carbonyl (C=O) groups excluding carboxylic acids is 1. The fourth-order valence-electron chi connectivity index (χ4n) is 10.1. The molecule has 1 fully saturated rings. The van der Waals surface area contributed by atoms with Crippen molar-refractivity contribution in [2.75, 3.05) is 13.2 Å². The van der Waals surface area contributed by atoms with Crippen molar-refractivity contribution in [1.82, 2.24) is 5.32 Å². The molecule has 1 aliphatic heterocycles. The zero-order valence-corrected chi connectivity index (χ0v) is 50.4. The van der Waals surface area contributed by atoms with Gasteiger partial charge in [0.25, 0.3) is 0 Å². The minimum Gasteiger partial charge on any atom is -0.394 e. The van der Waals surface area contributed by atoms with Gasteiger partial charge in [-0.3, -0.25) is 4.79 Å². The van der Waals surface area contributed by atoms with Crippen molar-refractivity contribution in [3.8, 4) is 0 Å². The summed E-state index contributed by atoms with van der Waals surface area (Å²) in [5.41, 5.74) is 0. The number of unbranched alkanes of at least 4 members (excludes halogenated alkanes) is 34. The second-order valence-corrected chi connectivity index (χ2v) is 22.5. The average Bonchev–Trinajstić information content (AvgIpc) is 3.45. The Morgan fingerprint density at radius 3 is 1.23 bits per heavy atom. The van der Waals surface area contributed by atoms with Crippen molar-refractivity contribution in [3.05, 3.63) is 85.1 Å². The Morgan fingerprint density at radius 1 is 0.449 bits per heavy atom. The predicted octanol–water partition coefficient (Wildman–Crippen LogP) is 17.4. The van der Waals surface area contributed by atoms with E-state index in [2.05, 4.69) is 92.1 Å². The highest BCUT2D eigenvalue weighted by Crippen LogP contribution is 2.23. The van der Waals surface area contributed by atoms with Crippen molar-refractivity contribution in [2.24, 2.45) is 0 Å². The van der Waals surface area contributed by atoms with E-state index >= 15 is 0 Å². The molecule has 0 aliphatic carbocycles. The van der Waals surface area contributed by atoms with Gasteiger partial charge in [-0.1, -0.05) is 285 Å². The maximum atomic E-state index is 13.1. The fourth-order valence-corrected chi connectivity index (χ4v) is 10.1. The van der Waals surface area contributed by atoms with Crippen LogP contribution in [0.5, 0.6) is 0 Å². The van der Waals surface area contributed by atoms with Crippen LogP contribution in [0, 0.1) is 0 Å². The van der Waals surface area contributed by atoms with Gasteiger partial charge in [0, 0.05) is 6.42 Å². The summed E-state index contributed by atoms with van der Waals surface area (Å²) in [6.07, 6.45) is 75.3. The molecular weight excluding hydrogens is 971 g/mol. The first-order chi connectivity index (χ1) is 38.3. The van der Waals surface area contributed by atoms with Crippen molar-refractivity contribution < 1.29 is 39.8 Å². The van der Waals surface area contributed by atoms with E-state index in [1.807, 2.05) is 6.08 Å². The molecule has 0 aromatic rings. The Kier molecular flexibility index (Phi) is 54.2. The van der Waals surface area contributed by atoms with Crippen molar-refractivity contribution >= 4 is 5.91 Å². The third-order valence-corrected chi connectivity index (χ3v) is 15.2. The van der Waals surface area contributed by atoms with Crippen molar-refractivity contribution in [3.63, 3.8) is 0 Å². The van der Waals surface area contributed by atoms with Gasteiger partial charge in [0.15, 0.2) is 6.29 Å². The molecule has 1 amide bonds. The number of carbonyl (C=O) groups is 1. The van der Waals surface area contributed by atoms with Gasteiger partial charge in [0.1, 0.15) is 24.4 Å². The van der Waals surface area contributed by atoms with E-state index in [9.17, 15) is 30.3 Å². The van der Waals surface area contributed by atoms with Crippen LogP contribution < -0.4 is 5.32 Å². The summed E-state index contributed by atoms with van der Waals surface area (Å²) in [4.78, 5) is 13.1. The minimum absolute atomic E-state index is 0.193. The van der Waals surface area contributed by atoms with E-state index in [4.69, 9.17) is 9.47 Å². The third kappa shape index (κ3) is 46.0. The highest BCUT2D eigenvalue weighted by molar-refractivity contribution is 5.76. The molecule has 0 aromatic heterocycles. The van der Waals surface area contributed by atoms with E-state index < -0.39 is 49.5 Å². The lowest BCUT2D eigenvalue weighted by Crippen LogP contribution is -2.60. The van der Waals surface area contributed by atoms with Crippen LogP contribution in [0.2, 0.25) is 0 Å². The Hall–Kier alpha value is -2.63. The standard InChI is InChI=1S/C69H123NO8/c1-3-5-7-9-11-13-15-17-19-21-23-25-27-29-30-31-32-33-35-36-38-40-42-44-46-48-50-52-54-56-58-63(72)62(61-77-69-68(76)67(75)66(74)64(60-71)78-69)70-65(73)59-57-55-53-51-49-47-45-43-41-39-37-34-28-26-24-22-20-18-16-14-12-10-8-6-4-2/h6,8,12,14,18,20,24,26,40,42,48,50,56,58,62-64,66-69,71-72,74-76H,3-5,7,9-11,13,15-17,19,21-23,25,27-39,41,43-47,49,51-55,57,59-61H2,1-2H3,(H,70,73)/b8-6-,14-12-,20-18-,26-24-,42-40+,50-48+,58-56+. The topological polar surface area (TPSA) is 149 Å². The molecule has 0 radical (unpaired) electrons. The molecule has 9 heteroatoms. The zero-order chi connectivity index (χ0) is 56.5. The average molecular weight is 1090 g/mol. The number of allylic oxidation sites excluding steroid dienone is 13. The maximum absolute atomic E-state index is 13.1. The molecule has 1 aliphatic rings. The van der Waals surface area contributed by atoms with E-state index in [1.165, 1.54) is 199 Å². The summed E-state index contributed by atoms with van der Waals surface area (Å²) in [6, 6.07) is -0.836. The van der Waals surface area contributed by atoms with Gasteiger partial charge in [0.2, 0.25) is 5.91 Å². The van der Waals surface area contributed by atoms with Crippen molar-refractivity contribution in [2.45, 2.75) is 333 Å². The Bertz CT molecular complexity index is 1500. The number of rotatable bonds is 56. The predicted molar refractivity (Wildman–Crippen MR) is 332 cm³/mol. The summed E-state index contributed by atoms with van der Waals surface area (Å²) >= 11 is 0. The van der Waals surface area contributed by atoms with Crippen LogP contribution in [0.1, 0.15) is 290 Å². The lowest BCUT2D eigenvalue weighted by atomic mass is 9.99. The second kappa shape index (κ2) is 57.6. The summed E-state index contributed by atoms with van der Waals surface area (Å²) in [5.74, 6) is -0.193. The first-order valence-electron chi connectivity index (χ1n) is 32.8. The quantitative estimate of drug-likeness (QED) is 0.0261. The van der Waals surface area contributed by atoms with E-state index in [-0.39, 0.29) is 12.5 Å². The van der Waals surface area contributed by atoms with Gasteiger partial charge in [-0.2, -0.15) is 0 Å². The molecule has 452 valence electrons. The molecule has 1 saturated heterocycles. The summed E-state index contributed by atoms with van der Waals surface area (Å²) in [7, 11) is 0. The smallest absolute Gasteiger partial charge is 0.220 e. The minimum atomic E-state index is -1.58. The van der Waals surface area contributed by atoms with Crippen LogP contribution in [-0.4, -0.2) is 87.5 Å². The fraction of sp³-hybridized carbons (Fsp3) is 0.783. The highest BCUT2D eigenvalue weighted by Gasteiger charge is 2.44. The van der Waals surface area contributed by atoms with Crippen LogP contribution in [0.25, 0.3) is 0 Å². The molecule has 6 N–H and O–H groups in total. The zero-order valence-electron chi connectivity index (χ0n) is 50.4. The number of ether oxygens (including phenoxy) is 2. The number of hydrogen-bond acceptors (Lipinski definition) is 8. The first kappa shape index (κ1) is 73.4. The van der Waals surface area contributed by atoms with E-state index in [0.29, 0.717) is 6.42 Å². The summed E-state index contributed by atoms with van der Waals surface area (Å²) in [6.45, 7) is 3.67. The molecule has 1 rings (SSSR count). The molecule has 9 nitrogen and oxygen atoms in total. The molecular formula is C69H123NO8. The summed E-state index contributed by atoms with van der Waals surface area (Å²) < 4.78 is 11.3. The van der Waals surface area contributed by atoms with Crippen LogP contribution in [0.15, 0.2) is 85.1 Å². The Morgan fingerprint density at radius 2 is 0.808 bits per heavy atom. The normalized spacial score (nSPS) is 19.2. The van der Waals surface area contributed by atoms with Gasteiger partial charge >= 0.3 is 0 Å². The number of aliphatic hydroxyl groups is 5. The SMILES string of the molecule is CC/C=C\C/C=C\C/C=C\C/C=C\CCCCCCCCCCCCCCC(=O)NC(COC1OC(CO)C(O)C(O)C1O)C(O)/C=C/CC/C=C/CC/C=C/CCCCCCCCCCCCCCCCCCCCCC.